The second-order valence-electron chi connectivity index (χ2n) is 6.25. The molecule has 1 aliphatic rings. The van der Waals surface area contributed by atoms with Crippen molar-refractivity contribution in [2.24, 2.45) is 5.92 Å². The van der Waals surface area contributed by atoms with Gasteiger partial charge in [-0.15, -0.1) is 17.5 Å². The summed E-state index contributed by atoms with van der Waals surface area (Å²) in [4.78, 5) is 12.7. The summed E-state index contributed by atoms with van der Waals surface area (Å²) >= 11 is 0. The van der Waals surface area contributed by atoms with Gasteiger partial charge in [0.1, 0.15) is 17.7 Å². The first-order chi connectivity index (χ1) is 12.0. The Labute approximate surface area is 156 Å². The molecule has 0 spiro atoms. The van der Waals surface area contributed by atoms with Crippen molar-refractivity contribution in [1.29, 1.82) is 0 Å². The summed E-state index contributed by atoms with van der Waals surface area (Å²) in [5.74, 6) is -0.156. The molecule has 1 aromatic heterocycles. The summed E-state index contributed by atoms with van der Waals surface area (Å²) in [5.41, 5.74) is 0.678. The molecule has 0 bridgehead atoms. The van der Waals surface area contributed by atoms with Crippen LogP contribution >= 0.6 is 12.4 Å². The standard InChI is InChI=1S/C16H21FN6O2.ClH/c1-10-20-21-22-23(10)14(6-11-3-2-4-13(17)5-11)16(25)19-8-12-7-18-9-15(12)24;/h2-5,12,14-15,18,24H,6-9H2,1H3,(H,19,25);1H. The van der Waals surface area contributed by atoms with Crippen LogP contribution in [0.25, 0.3) is 0 Å². The third-order valence-electron chi connectivity index (χ3n) is 4.42. The topological polar surface area (TPSA) is 105 Å². The lowest BCUT2D eigenvalue weighted by Gasteiger charge is -2.20. The molecule has 142 valence electrons. The summed E-state index contributed by atoms with van der Waals surface area (Å²) in [5, 5.41) is 27.1. The summed E-state index contributed by atoms with van der Waals surface area (Å²) in [7, 11) is 0. The van der Waals surface area contributed by atoms with Crippen molar-refractivity contribution in [2.45, 2.75) is 25.5 Å². The third kappa shape index (κ3) is 4.75. The van der Waals surface area contributed by atoms with Gasteiger partial charge in [-0.05, 0) is 35.0 Å². The fourth-order valence-electron chi connectivity index (χ4n) is 2.98. The molecule has 0 saturated carbocycles. The number of carbonyl (C=O) groups excluding carboxylic acids is 1. The predicted molar refractivity (Wildman–Crippen MR) is 94.3 cm³/mol. The molecule has 0 aliphatic carbocycles. The number of amides is 1. The van der Waals surface area contributed by atoms with E-state index in [9.17, 15) is 14.3 Å². The number of aliphatic hydroxyl groups is 1. The van der Waals surface area contributed by atoms with Crippen LogP contribution in [0.5, 0.6) is 0 Å². The molecule has 3 atom stereocenters. The number of aromatic nitrogens is 4. The number of β-amino-alcohol motifs (C(OH)–C–C–N with tert-alkyl or cyclic N) is 1. The number of nitrogens with zero attached hydrogens (tertiary/aromatic N) is 4. The first-order valence-corrected chi connectivity index (χ1v) is 8.20. The van der Waals surface area contributed by atoms with Gasteiger partial charge in [-0.1, -0.05) is 12.1 Å². The van der Waals surface area contributed by atoms with E-state index in [1.54, 1.807) is 19.1 Å². The number of benzene rings is 1. The second-order valence-corrected chi connectivity index (χ2v) is 6.25. The fraction of sp³-hybridized carbons (Fsp3) is 0.500. The quantitative estimate of drug-likeness (QED) is 0.648. The first-order valence-electron chi connectivity index (χ1n) is 8.20. The smallest absolute Gasteiger partial charge is 0.245 e. The number of halogens is 2. The number of carbonyl (C=O) groups is 1. The van der Waals surface area contributed by atoms with E-state index in [0.717, 1.165) is 0 Å². The predicted octanol–water partition coefficient (Wildman–Crippen LogP) is 0.0227. The normalized spacial score (nSPS) is 20.4. The highest BCUT2D eigenvalue weighted by atomic mass is 35.5. The van der Waals surface area contributed by atoms with Crippen LogP contribution in [0.3, 0.4) is 0 Å². The molecular weight excluding hydrogens is 363 g/mol. The molecule has 3 rings (SSSR count). The molecule has 8 nitrogen and oxygen atoms in total. The van der Waals surface area contributed by atoms with Gasteiger partial charge in [-0.25, -0.2) is 9.07 Å². The minimum atomic E-state index is -0.691. The Morgan fingerprint density at radius 1 is 1.50 bits per heavy atom. The maximum Gasteiger partial charge on any atom is 0.245 e. The van der Waals surface area contributed by atoms with Crippen molar-refractivity contribution in [3.8, 4) is 0 Å². The van der Waals surface area contributed by atoms with Crippen LogP contribution in [0.15, 0.2) is 24.3 Å². The van der Waals surface area contributed by atoms with E-state index in [0.29, 0.717) is 31.0 Å². The van der Waals surface area contributed by atoms with Gasteiger partial charge in [-0.3, -0.25) is 4.79 Å². The Hall–Kier alpha value is -2.10. The van der Waals surface area contributed by atoms with Crippen LogP contribution < -0.4 is 10.6 Å². The van der Waals surface area contributed by atoms with Gasteiger partial charge < -0.3 is 15.7 Å². The number of hydrogen-bond donors (Lipinski definition) is 3. The molecule has 2 aromatic rings. The molecule has 3 N–H and O–H groups in total. The Balaban J connectivity index is 0.00000243. The highest BCUT2D eigenvalue weighted by molar-refractivity contribution is 5.85. The van der Waals surface area contributed by atoms with E-state index in [1.807, 2.05) is 0 Å². The lowest BCUT2D eigenvalue weighted by Crippen LogP contribution is -2.40. The monoisotopic (exact) mass is 384 g/mol. The van der Waals surface area contributed by atoms with Crippen molar-refractivity contribution in [3.63, 3.8) is 0 Å². The van der Waals surface area contributed by atoms with Gasteiger partial charge in [0.25, 0.3) is 0 Å². The average molecular weight is 385 g/mol. The lowest BCUT2D eigenvalue weighted by molar-refractivity contribution is -0.125. The summed E-state index contributed by atoms with van der Waals surface area (Å²) in [6, 6.07) is 5.42. The van der Waals surface area contributed by atoms with Gasteiger partial charge in [0.2, 0.25) is 5.91 Å². The zero-order chi connectivity index (χ0) is 17.8. The average Bonchev–Trinajstić information content (AvgIpc) is 3.19. The summed E-state index contributed by atoms with van der Waals surface area (Å²) in [6.45, 7) is 3.24. The number of nitrogens with one attached hydrogen (secondary N) is 2. The van der Waals surface area contributed by atoms with Crippen LogP contribution in [0.1, 0.15) is 17.4 Å². The Morgan fingerprint density at radius 2 is 2.31 bits per heavy atom. The third-order valence-corrected chi connectivity index (χ3v) is 4.42. The van der Waals surface area contributed by atoms with Crippen LogP contribution in [-0.4, -0.2) is 57.0 Å². The van der Waals surface area contributed by atoms with Crippen LogP contribution in [0, 0.1) is 18.7 Å². The second kappa shape index (κ2) is 9.02. The number of rotatable bonds is 6. The minimum absolute atomic E-state index is 0. The molecule has 1 fully saturated rings. The molecular formula is C16H22ClFN6O2. The fourth-order valence-corrected chi connectivity index (χ4v) is 2.98. The van der Waals surface area contributed by atoms with Crippen LogP contribution in [0.2, 0.25) is 0 Å². The van der Waals surface area contributed by atoms with Gasteiger partial charge in [0.05, 0.1) is 6.10 Å². The van der Waals surface area contributed by atoms with Crippen molar-refractivity contribution in [3.05, 3.63) is 41.5 Å². The molecule has 1 amide bonds. The van der Waals surface area contributed by atoms with Crippen molar-refractivity contribution < 1.29 is 14.3 Å². The van der Waals surface area contributed by atoms with Gasteiger partial charge in [0.15, 0.2) is 0 Å². The van der Waals surface area contributed by atoms with Crippen molar-refractivity contribution >= 4 is 18.3 Å². The Morgan fingerprint density at radius 3 is 2.92 bits per heavy atom. The van der Waals surface area contributed by atoms with Crippen molar-refractivity contribution in [1.82, 2.24) is 30.8 Å². The number of aliphatic hydroxyl groups excluding tert-OH is 1. The molecule has 3 unspecified atom stereocenters. The first kappa shape index (κ1) is 20.2. The van der Waals surface area contributed by atoms with E-state index >= 15 is 0 Å². The highest BCUT2D eigenvalue weighted by Gasteiger charge is 2.28. The molecule has 1 saturated heterocycles. The van der Waals surface area contributed by atoms with E-state index in [2.05, 4.69) is 26.2 Å². The number of aryl methyl sites for hydroxylation is 1. The maximum atomic E-state index is 13.5. The van der Waals surface area contributed by atoms with Gasteiger partial charge in [-0.2, -0.15) is 0 Å². The lowest BCUT2D eigenvalue weighted by atomic mass is 10.0. The molecule has 2 heterocycles. The van der Waals surface area contributed by atoms with E-state index < -0.39 is 12.1 Å². The molecule has 1 aromatic carbocycles. The molecule has 0 radical (unpaired) electrons. The number of tetrazole rings is 1. The maximum absolute atomic E-state index is 13.5. The van der Waals surface area contributed by atoms with E-state index in [1.165, 1.54) is 16.8 Å². The van der Waals surface area contributed by atoms with E-state index in [-0.39, 0.29) is 36.5 Å². The minimum Gasteiger partial charge on any atom is -0.391 e. The zero-order valence-corrected chi connectivity index (χ0v) is 15.1. The Kier molecular flexibility index (Phi) is 7.01. The van der Waals surface area contributed by atoms with E-state index in [4.69, 9.17) is 0 Å². The molecule has 10 heteroatoms. The number of hydrogen-bond acceptors (Lipinski definition) is 6. The summed E-state index contributed by atoms with van der Waals surface area (Å²) < 4.78 is 14.9. The van der Waals surface area contributed by atoms with Gasteiger partial charge >= 0.3 is 0 Å². The Bertz CT molecular complexity index is 743. The largest absolute Gasteiger partial charge is 0.391 e. The SMILES string of the molecule is Cc1nnnn1C(Cc1cccc(F)c1)C(=O)NCC1CNCC1O.Cl. The summed E-state index contributed by atoms with van der Waals surface area (Å²) in [6.07, 6.45) is -0.210. The molecule has 26 heavy (non-hydrogen) atoms. The van der Waals surface area contributed by atoms with Crippen LogP contribution in [0.4, 0.5) is 4.39 Å². The van der Waals surface area contributed by atoms with Crippen LogP contribution in [-0.2, 0) is 11.2 Å². The molecule has 1 aliphatic heterocycles. The zero-order valence-electron chi connectivity index (χ0n) is 14.3. The van der Waals surface area contributed by atoms with Crippen molar-refractivity contribution in [2.75, 3.05) is 19.6 Å². The van der Waals surface area contributed by atoms with Gasteiger partial charge in [0, 0.05) is 32.0 Å². The highest BCUT2D eigenvalue weighted by Crippen LogP contribution is 2.16.